The Labute approximate surface area is 169 Å². The predicted molar refractivity (Wildman–Crippen MR) is 112 cm³/mol. The van der Waals surface area contributed by atoms with Crippen molar-refractivity contribution in [2.24, 2.45) is 0 Å². The van der Waals surface area contributed by atoms with Crippen molar-refractivity contribution >= 4 is 28.3 Å². The molecule has 2 atom stereocenters. The normalized spacial score (nSPS) is 12.9. The minimum atomic E-state index is -0.970. The number of nitrogens with one attached hydrogen (secondary N) is 1. The summed E-state index contributed by atoms with van der Waals surface area (Å²) in [6.07, 6.45) is -0.603. The molecule has 0 aromatic heterocycles. The third-order valence-corrected chi connectivity index (χ3v) is 4.73. The van der Waals surface area contributed by atoms with Crippen molar-refractivity contribution in [3.63, 3.8) is 0 Å². The molecule has 3 aromatic carbocycles. The summed E-state index contributed by atoms with van der Waals surface area (Å²) in [5.41, 5.74) is 7.67. The van der Waals surface area contributed by atoms with Crippen LogP contribution in [0.4, 0.5) is 5.69 Å². The van der Waals surface area contributed by atoms with Crippen molar-refractivity contribution in [3.8, 4) is 0 Å². The van der Waals surface area contributed by atoms with Crippen LogP contribution in [0, 0.1) is 0 Å². The molecule has 1 amide bonds. The minimum Gasteiger partial charge on any atom is -0.467 e. The fraction of sp³-hybridized carbons (Fsp3) is 0.217. The highest BCUT2D eigenvalue weighted by Gasteiger charge is 2.29. The molecule has 0 aliphatic carbocycles. The van der Waals surface area contributed by atoms with Gasteiger partial charge in [0, 0.05) is 5.69 Å². The molecule has 0 aliphatic rings. The minimum absolute atomic E-state index is 0.299. The van der Waals surface area contributed by atoms with Gasteiger partial charge in [0.05, 0.1) is 25.4 Å². The zero-order chi connectivity index (χ0) is 20.8. The van der Waals surface area contributed by atoms with Crippen LogP contribution in [0.1, 0.15) is 22.8 Å². The SMILES string of the molecule is COC(=O)[C@@H](NC(=O)c1cc2ccccc2cc1N)[C@@H](C)OCc1ccccc1. The number of fused-ring (bicyclic) bond motifs is 1. The Morgan fingerprint density at radius 2 is 1.62 bits per heavy atom. The zero-order valence-corrected chi connectivity index (χ0v) is 16.4. The zero-order valence-electron chi connectivity index (χ0n) is 16.4. The molecule has 0 aliphatic heterocycles. The van der Waals surface area contributed by atoms with Crippen molar-refractivity contribution in [3.05, 3.63) is 77.9 Å². The van der Waals surface area contributed by atoms with Crippen molar-refractivity contribution in [2.75, 3.05) is 12.8 Å². The monoisotopic (exact) mass is 392 g/mol. The van der Waals surface area contributed by atoms with Gasteiger partial charge in [0.15, 0.2) is 6.04 Å². The number of esters is 1. The van der Waals surface area contributed by atoms with E-state index in [1.165, 1.54) is 7.11 Å². The Morgan fingerprint density at radius 1 is 1.00 bits per heavy atom. The first kappa shape index (κ1) is 20.4. The van der Waals surface area contributed by atoms with Crippen molar-refractivity contribution in [1.29, 1.82) is 0 Å². The first-order valence-electron chi connectivity index (χ1n) is 9.32. The second kappa shape index (κ2) is 9.21. The molecular weight excluding hydrogens is 368 g/mol. The first-order chi connectivity index (χ1) is 14.0. The highest BCUT2D eigenvalue weighted by Crippen LogP contribution is 2.22. The highest BCUT2D eigenvalue weighted by molar-refractivity contribution is 6.05. The van der Waals surface area contributed by atoms with Crippen molar-refractivity contribution in [1.82, 2.24) is 5.32 Å². The van der Waals surface area contributed by atoms with Crippen LogP contribution < -0.4 is 11.1 Å². The number of amides is 1. The summed E-state index contributed by atoms with van der Waals surface area (Å²) in [7, 11) is 1.27. The Morgan fingerprint density at radius 3 is 2.28 bits per heavy atom. The summed E-state index contributed by atoms with van der Waals surface area (Å²) in [5.74, 6) is -1.04. The van der Waals surface area contributed by atoms with Crippen LogP contribution in [0.25, 0.3) is 10.8 Å². The Bertz CT molecular complexity index is 1000. The van der Waals surface area contributed by atoms with Gasteiger partial charge in [-0.15, -0.1) is 0 Å². The molecule has 3 N–H and O–H groups in total. The quantitative estimate of drug-likeness (QED) is 0.476. The van der Waals surface area contributed by atoms with Crippen LogP contribution in [0.15, 0.2) is 66.7 Å². The van der Waals surface area contributed by atoms with Gasteiger partial charge in [0.1, 0.15) is 0 Å². The van der Waals surface area contributed by atoms with Crippen LogP contribution in [-0.4, -0.2) is 31.1 Å². The van der Waals surface area contributed by atoms with Crippen LogP contribution in [-0.2, 0) is 20.9 Å². The molecule has 0 fully saturated rings. The molecule has 0 radical (unpaired) electrons. The van der Waals surface area contributed by atoms with Gasteiger partial charge in [-0.2, -0.15) is 0 Å². The molecule has 29 heavy (non-hydrogen) atoms. The van der Waals surface area contributed by atoms with E-state index in [0.29, 0.717) is 17.9 Å². The van der Waals surface area contributed by atoms with Gasteiger partial charge < -0.3 is 20.5 Å². The topological polar surface area (TPSA) is 90.7 Å². The van der Waals surface area contributed by atoms with Gasteiger partial charge in [-0.05, 0) is 35.4 Å². The third-order valence-electron chi connectivity index (χ3n) is 4.73. The van der Waals surface area contributed by atoms with E-state index in [-0.39, 0.29) is 0 Å². The number of hydrogen-bond acceptors (Lipinski definition) is 5. The van der Waals surface area contributed by atoms with Gasteiger partial charge in [0.2, 0.25) is 0 Å². The summed E-state index contributed by atoms with van der Waals surface area (Å²) in [6.45, 7) is 2.03. The lowest BCUT2D eigenvalue weighted by Crippen LogP contribution is -2.49. The van der Waals surface area contributed by atoms with Gasteiger partial charge in [0.25, 0.3) is 5.91 Å². The van der Waals surface area contributed by atoms with Crippen LogP contribution in [0.3, 0.4) is 0 Å². The summed E-state index contributed by atoms with van der Waals surface area (Å²) < 4.78 is 10.7. The number of rotatable bonds is 7. The number of anilines is 1. The van der Waals surface area contributed by atoms with E-state index in [2.05, 4.69) is 5.32 Å². The number of hydrogen-bond donors (Lipinski definition) is 2. The smallest absolute Gasteiger partial charge is 0.331 e. The van der Waals surface area contributed by atoms with Crippen molar-refractivity contribution in [2.45, 2.75) is 25.7 Å². The molecule has 3 aromatic rings. The molecular formula is C23H24N2O4. The van der Waals surface area contributed by atoms with Crippen molar-refractivity contribution < 1.29 is 19.1 Å². The van der Waals surface area contributed by atoms with E-state index in [0.717, 1.165) is 16.3 Å². The van der Waals surface area contributed by atoms with Crippen LogP contribution in [0.5, 0.6) is 0 Å². The maximum absolute atomic E-state index is 12.9. The lowest BCUT2D eigenvalue weighted by Gasteiger charge is -2.23. The lowest BCUT2D eigenvalue weighted by molar-refractivity contribution is -0.147. The van der Waals surface area contributed by atoms with Gasteiger partial charge in [-0.1, -0.05) is 54.6 Å². The Balaban J connectivity index is 1.76. The summed E-state index contributed by atoms with van der Waals surface area (Å²) in [5, 5.41) is 4.53. The summed E-state index contributed by atoms with van der Waals surface area (Å²) in [6, 6.07) is 19.7. The summed E-state index contributed by atoms with van der Waals surface area (Å²) >= 11 is 0. The lowest BCUT2D eigenvalue weighted by atomic mass is 10.0. The molecule has 0 spiro atoms. The molecule has 0 saturated carbocycles. The maximum atomic E-state index is 12.9. The van der Waals surface area contributed by atoms with Gasteiger partial charge in [-0.25, -0.2) is 4.79 Å². The van der Waals surface area contributed by atoms with E-state index in [1.54, 1.807) is 19.1 Å². The van der Waals surface area contributed by atoms with E-state index < -0.39 is 24.0 Å². The fourth-order valence-corrected chi connectivity index (χ4v) is 3.07. The Kier molecular flexibility index (Phi) is 6.46. The molecule has 150 valence electrons. The number of nitrogen functional groups attached to an aromatic ring is 1. The van der Waals surface area contributed by atoms with E-state index in [9.17, 15) is 9.59 Å². The van der Waals surface area contributed by atoms with Crippen LogP contribution in [0.2, 0.25) is 0 Å². The second-order valence-electron chi connectivity index (χ2n) is 6.76. The number of carbonyl (C=O) groups excluding carboxylic acids is 2. The number of methoxy groups -OCH3 is 1. The van der Waals surface area contributed by atoms with E-state index in [1.807, 2.05) is 54.6 Å². The highest BCUT2D eigenvalue weighted by atomic mass is 16.5. The molecule has 0 saturated heterocycles. The molecule has 0 unspecified atom stereocenters. The first-order valence-corrected chi connectivity index (χ1v) is 9.32. The van der Waals surface area contributed by atoms with E-state index in [4.69, 9.17) is 15.2 Å². The number of nitrogens with two attached hydrogens (primary N) is 1. The predicted octanol–water partition coefficient (Wildman–Crippen LogP) is 3.30. The number of ether oxygens (including phenoxy) is 2. The average Bonchev–Trinajstić information content (AvgIpc) is 2.75. The summed E-state index contributed by atoms with van der Waals surface area (Å²) in [4.78, 5) is 25.1. The Hall–Kier alpha value is -3.38. The largest absolute Gasteiger partial charge is 0.467 e. The molecule has 0 heterocycles. The van der Waals surface area contributed by atoms with E-state index >= 15 is 0 Å². The third kappa shape index (κ3) is 4.92. The van der Waals surface area contributed by atoms with Gasteiger partial charge >= 0.3 is 5.97 Å². The standard InChI is InChI=1S/C23H24N2O4/c1-15(29-14-16-8-4-3-5-9-16)21(23(27)28-2)25-22(26)19-12-17-10-6-7-11-18(17)13-20(19)24/h3-13,15,21H,14,24H2,1-2H3,(H,25,26)/t15-,21+/m1/s1. The molecule has 0 bridgehead atoms. The second-order valence-corrected chi connectivity index (χ2v) is 6.76. The molecule has 6 nitrogen and oxygen atoms in total. The maximum Gasteiger partial charge on any atom is 0.331 e. The fourth-order valence-electron chi connectivity index (χ4n) is 3.07. The number of carbonyl (C=O) groups is 2. The average molecular weight is 392 g/mol. The molecule has 3 rings (SSSR count). The molecule has 6 heteroatoms. The number of benzene rings is 3. The van der Waals surface area contributed by atoms with Crippen LogP contribution >= 0.6 is 0 Å². The van der Waals surface area contributed by atoms with Gasteiger partial charge in [-0.3, -0.25) is 4.79 Å².